The van der Waals surface area contributed by atoms with Crippen molar-refractivity contribution >= 4 is 33.2 Å². The van der Waals surface area contributed by atoms with Gasteiger partial charge in [-0.3, -0.25) is 4.90 Å². The van der Waals surface area contributed by atoms with Gasteiger partial charge in [-0.2, -0.15) is 4.31 Å². The third-order valence-electron chi connectivity index (χ3n) is 4.55. The molecule has 1 heterocycles. The van der Waals surface area contributed by atoms with Crippen molar-refractivity contribution in [3.8, 4) is 5.75 Å². The van der Waals surface area contributed by atoms with Crippen LogP contribution in [0.5, 0.6) is 5.75 Å². The van der Waals surface area contributed by atoms with Crippen molar-refractivity contribution in [2.24, 2.45) is 0 Å². The fraction of sp³-hybridized carbons (Fsp3) is 0.368. The lowest BCUT2D eigenvalue weighted by Crippen LogP contribution is -2.49. The summed E-state index contributed by atoms with van der Waals surface area (Å²) in [6.07, 6.45) is 0. The molecule has 5 nitrogen and oxygen atoms in total. The molecule has 3 rings (SSSR count). The van der Waals surface area contributed by atoms with Crippen LogP contribution in [0.4, 0.5) is 0 Å². The number of ether oxygens (including phenoxy) is 1. The molecule has 1 fully saturated rings. The summed E-state index contributed by atoms with van der Waals surface area (Å²) in [5, 5.41) is 1.05. The molecule has 0 saturated carbocycles. The molecule has 2 aromatic carbocycles. The molecule has 0 amide bonds. The maximum absolute atomic E-state index is 12.7. The maximum atomic E-state index is 12.7. The molecule has 8 heteroatoms. The molecule has 0 aliphatic carbocycles. The van der Waals surface area contributed by atoms with E-state index >= 15 is 0 Å². The van der Waals surface area contributed by atoms with Crippen LogP contribution in [0.3, 0.4) is 0 Å². The Kier molecular flexibility index (Phi) is 6.65. The van der Waals surface area contributed by atoms with E-state index in [1.165, 1.54) is 0 Å². The summed E-state index contributed by atoms with van der Waals surface area (Å²) in [6, 6.07) is 12.1. The number of benzene rings is 2. The number of halogens is 2. The topological polar surface area (TPSA) is 49.9 Å². The van der Waals surface area contributed by atoms with E-state index < -0.39 is 10.0 Å². The van der Waals surface area contributed by atoms with Crippen molar-refractivity contribution < 1.29 is 13.2 Å². The maximum Gasteiger partial charge on any atom is 0.243 e. The highest BCUT2D eigenvalue weighted by molar-refractivity contribution is 7.89. The van der Waals surface area contributed by atoms with Crippen molar-refractivity contribution in [1.82, 2.24) is 9.21 Å². The van der Waals surface area contributed by atoms with E-state index in [1.54, 1.807) is 34.6 Å². The van der Waals surface area contributed by atoms with Gasteiger partial charge in [-0.15, -0.1) is 0 Å². The third kappa shape index (κ3) is 5.15. The van der Waals surface area contributed by atoms with Gasteiger partial charge in [0.05, 0.1) is 9.92 Å². The average Bonchev–Trinajstić information content (AvgIpc) is 2.64. The van der Waals surface area contributed by atoms with Gasteiger partial charge in [0.2, 0.25) is 10.0 Å². The Bertz CT molecular complexity index is 880. The summed E-state index contributed by atoms with van der Waals surface area (Å²) in [4.78, 5) is 2.53. The molecule has 0 spiro atoms. The minimum absolute atomic E-state index is 0.349. The van der Waals surface area contributed by atoms with E-state index in [-0.39, 0.29) is 0 Å². The SMILES string of the molecule is Cc1ccc(S(=O)(=O)N2CCN(CCOc3ccc(Cl)cc3Cl)CC2)cc1. The molecule has 27 heavy (non-hydrogen) atoms. The van der Waals surface area contributed by atoms with Crippen LogP contribution in [0.1, 0.15) is 5.56 Å². The summed E-state index contributed by atoms with van der Waals surface area (Å²) in [5.41, 5.74) is 1.04. The van der Waals surface area contributed by atoms with Gasteiger partial charge in [-0.05, 0) is 37.3 Å². The number of hydrogen-bond donors (Lipinski definition) is 0. The van der Waals surface area contributed by atoms with Crippen LogP contribution in [-0.2, 0) is 10.0 Å². The Hall–Kier alpha value is -1.31. The summed E-state index contributed by atoms with van der Waals surface area (Å²) >= 11 is 12.0. The fourth-order valence-electron chi connectivity index (χ4n) is 2.93. The second-order valence-corrected chi connectivity index (χ2v) is 9.26. The van der Waals surface area contributed by atoms with Gasteiger partial charge >= 0.3 is 0 Å². The Labute approximate surface area is 170 Å². The Morgan fingerprint density at radius 3 is 2.30 bits per heavy atom. The highest BCUT2D eigenvalue weighted by Gasteiger charge is 2.28. The predicted octanol–water partition coefficient (Wildman–Crippen LogP) is 3.69. The van der Waals surface area contributed by atoms with Crippen LogP contribution in [0.15, 0.2) is 47.4 Å². The summed E-state index contributed by atoms with van der Waals surface area (Å²) in [5.74, 6) is 0.599. The zero-order chi connectivity index (χ0) is 19.4. The van der Waals surface area contributed by atoms with Crippen molar-refractivity contribution in [3.05, 3.63) is 58.1 Å². The lowest BCUT2D eigenvalue weighted by molar-refractivity contribution is 0.159. The molecule has 0 unspecified atom stereocenters. The van der Waals surface area contributed by atoms with Gasteiger partial charge in [0.25, 0.3) is 0 Å². The molecule has 0 bridgehead atoms. The van der Waals surface area contributed by atoms with E-state index in [2.05, 4.69) is 4.90 Å². The predicted molar refractivity (Wildman–Crippen MR) is 108 cm³/mol. The van der Waals surface area contributed by atoms with E-state index in [4.69, 9.17) is 27.9 Å². The number of rotatable bonds is 6. The van der Waals surface area contributed by atoms with E-state index in [9.17, 15) is 8.42 Å². The van der Waals surface area contributed by atoms with Gasteiger partial charge in [-0.25, -0.2) is 8.42 Å². The first kappa shape index (κ1) is 20.4. The molecule has 1 aliphatic heterocycles. The molecule has 2 aromatic rings. The van der Waals surface area contributed by atoms with Gasteiger partial charge in [0, 0.05) is 37.7 Å². The second-order valence-electron chi connectivity index (χ2n) is 6.48. The first-order chi connectivity index (χ1) is 12.9. The van der Waals surface area contributed by atoms with Crippen LogP contribution in [0.2, 0.25) is 10.0 Å². The Balaban J connectivity index is 1.49. The monoisotopic (exact) mass is 428 g/mol. The van der Waals surface area contributed by atoms with Crippen molar-refractivity contribution in [2.75, 3.05) is 39.3 Å². The highest BCUT2D eigenvalue weighted by Crippen LogP contribution is 2.27. The number of nitrogens with zero attached hydrogens (tertiary/aromatic N) is 2. The van der Waals surface area contributed by atoms with Crippen LogP contribution in [-0.4, -0.2) is 57.0 Å². The van der Waals surface area contributed by atoms with Gasteiger partial charge < -0.3 is 4.74 Å². The van der Waals surface area contributed by atoms with E-state index in [0.29, 0.717) is 60.0 Å². The largest absolute Gasteiger partial charge is 0.491 e. The number of piperazine rings is 1. The fourth-order valence-corrected chi connectivity index (χ4v) is 4.81. The molecular weight excluding hydrogens is 407 g/mol. The lowest BCUT2D eigenvalue weighted by atomic mass is 10.2. The second kappa shape index (κ2) is 8.80. The van der Waals surface area contributed by atoms with E-state index in [1.807, 2.05) is 19.1 Å². The normalized spacial score (nSPS) is 16.4. The standard InChI is InChI=1S/C19H22Cl2N2O3S/c1-15-2-5-17(6-3-15)27(24,25)23-10-8-22(9-11-23)12-13-26-19-7-4-16(20)14-18(19)21/h2-7,14H,8-13H2,1H3. The van der Waals surface area contributed by atoms with Crippen LogP contribution in [0, 0.1) is 6.92 Å². The lowest BCUT2D eigenvalue weighted by Gasteiger charge is -2.33. The summed E-state index contributed by atoms with van der Waals surface area (Å²) in [7, 11) is -3.43. The molecular formula is C19H22Cl2N2O3S. The van der Waals surface area contributed by atoms with E-state index in [0.717, 1.165) is 5.56 Å². The Morgan fingerprint density at radius 2 is 1.67 bits per heavy atom. The minimum atomic E-state index is -3.43. The average molecular weight is 429 g/mol. The number of sulfonamides is 1. The summed E-state index contributed by atoms with van der Waals surface area (Å²) < 4.78 is 32.7. The number of aryl methyl sites for hydroxylation is 1. The molecule has 0 N–H and O–H groups in total. The van der Waals surface area contributed by atoms with Gasteiger partial charge in [-0.1, -0.05) is 40.9 Å². The third-order valence-corrected chi connectivity index (χ3v) is 6.99. The van der Waals surface area contributed by atoms with Crippen molar-refractivity contribution in [3.63, 3.8) is 0 Å². The molecule has 0 atom stereocenters. The first-order valence-corrected chi connectivity index (χ1v) is 10.9. The summed E-state index contributed by atoms with van der Waals surface area (Å²) in [6.45, 7) is 5.40. The molecule has 1 aliphatic rings. The van der Waals surface area contributed by atoms with Gasteiger partial charge in [0.1, 0.15) is 12.4 Å². The van der Waals surface area contributed by atoms with Crippen molar-refractivity contribution in [1.29, 1.82) is 0 Å². The molecule has 0 radical (unpaired) electrons. The molecule has 1 saturated heterocycles. The van der Waals surface area contributed by atoms with Crippen LogP contribution in [0.25, 0.3) is 0 Å². The van der Waals surface area contributed by atoms with Gasteiger partial charge in [0.15, 0.2) is 0 Å². The smallest absolute Gasteiger partial charge is 0.243 e. The quantitative estimate of drug-likeness (QED) is 0.703. The molecule has 0 aromatic heterocycles. The minimum Gasteiger partial charge on any atom is -0.491 e. The van der Waals surface area contributed by atoms with Crippen LogP contribution < -0.4 is 4.74 Å². The Morgan fingerprint density at radius 1 is 1.00 bits per heavy atom. The zero-order valence-corrected chi connectivity index (χ0v) is 17.4. The highest BCUT2D eigenvalue weighted by atomic mass is 35.5. The van der Waals surface area contributed by atoms with Crippen LogP contribution >= 0.6 is 23.2 Å². The zero-order valence-electron chi connectivity index (χ0n) is 15.1. The molecule has 146 valence electrons. The first-order valence-electron chi connectivity index (χ1n) is 8.73. The van der Waals surface area contributed by atoms with Crippen molar-refractivity contribution in [2.45, 2.75) is 11.8 Å². The number of hydrogen-bond acceptors (Lipinski definition) is 4.